The maximum Gasteiger partial charge on any atom is 0.344 e. The summed E-state index contributed by atoms with van der Waals surface area (Å²) in [6.07, 6.45) is 7.17. The minimum Gasteiger partial charge on any atom is -0.477 e. The Hall–Kier alpha value is -3.49. The first kappa shape index (κ1) is 19.3. The van der Waals surface area contributed by atoms with E-state index in [2.05, 4.69) is 20.6 Å². The van der Waals surface area contributed by atoms with E-state index in [1.807, 2.05) is 0 Å². The number of aliphatic carboxylic acids is 2. The summed E-state index contributed by atoms with van der Waals surface area (Å²) in [5.74, 6) is -2.92. The fraction of sp³-hybridized carbons (Fsp3) is 0.316. The number of anilines is 2. The van der Waals surface area contributed by atoms with Crippen molar-refractivity contribution in [2.24, 2.45) is 5.92 Å². The predicted octanol–water partition coefficient (Wildman–Crippen LogP) is 2.61. The van der Waals surface area contributed by atoms with E-state index < -0.39 is 17.5 Å². The van der Waals surface area contributed by atoms with Gasteiger partial charge in [0.25, 0.3) is 0 Å². The summed E-state index contributed by atoms with van der Waals surface area (Å²) in [5.41, 5.74) is 0.309. The van der Waals surface area contributed by atoms with Gasteiger partial charge >= 0.3 is 11.9 Å². The van der Waals surface area contributed by atoms with Crippen LogP contribution in [-0.2, 0) is 14.4 Å². The molecule has 1 fully saturated rings. The van der Waals surface area contributed by atoms with Crippen LogP contribution in [-0.4, -0.2) is 38.0 Å². The van der Waals surface area contributed by atoms with Crippen LogP contribution in [0.4, 0.5) is 11.5 Å². The highest BCUT2D eigenvalue weighted by molar-refractivity contribution is 6.12. The second kappa shape index (κ2) is 8.47. The topological polar surface area (TPSA) is 142 Å². The van der Waals surface area contributed by atoms with Crippen molar-refractivity contribution in [3.8, 4) is 0 Å². The van der Waals surface area contributed by atoms with E-state index in [1.165, 1.54) is 6.33 Å². The molecule has 0 aliphatic heterocycles. The number of nitrogens with one attached hydrogen (secondary N) is 2. The van der Waals surface area contributed by atoms with Crippen molar-refractivity contribution in [1.29, 1.82) is 0 Å². The maximum atomic E-state index is 12.5. The summed E-state index contributed by atoms with van der Waals surface area (Å²) in [7, 11) is 0. The van der Waals surface area contributed by atoms with E-state index in [4.69, 9.17) is 10.2 Å². The van der Waals surface area contributed by atoms with Crippen LogP contribution in [0.5, 0.6) is 0 Å². The number of carboxylic acids is 2. The second-order valence-corrected chi connectivity index (χ2v) is 6.59. The van der Waals surface area contributed by atoms with E-state index in [0.29, 0.717) is 16.6 Å². The highest BCUT2D eigenvalue weighted by atomic mass is 16.4. The number of aromatic nitrogens is 2. The Kier molecular flexibility index (Phi) is 5.83. The number of benzene rings is 1. The molecule has 1 amide bonds. The van der Waals surface area contributed by atoms with E-state index in [9.17, 15) is 14.4 Å². The molecule has 1 saturated carbocycles. The van der Waals surface area contributed by atoms with Gasteiger partial charge in [0.05, 0.1) is 5.52 Å². The molecule has 1 aromatic carbocycles. The Balaban J connectivity index is 1.85. The zero-order valence-corrected chi connectivity index (χ0v) is 15.0. The molecule has 0 spiro atoms. The Morgan fingerprint density at radius 3 is 2.43 bits per heavy atom. The first-order valence-electron chi connectivity index (χ1n) is 8.94. The first-order chi connectivity index (χ1) is 13.5. The minimum absolute atomic E-state index is 0.00527. The zero-order chi connectivity index (χ0) is 20.1. The van der Waals surface area contributed by atoms with Gasteiger partial charge in [-0.1, -0.05) is 19.3 Å². The lowest BCUT2D eigenvalue weighted by Crippen LogP contribution is -2.24. The summed E-state index contributed by atoms with van der Waals surface area (Å²) >= 11 is 0. The van der Waals surface area contributed by atoms with E-state index in [-0.39, 0.29) is 17.6 Å². The van der Waals surface area contributed by atoms with Crippen molar-refractivity contribution in [3.63, 3.8) is 0 Å². The first-order valence-corrected chi connectivity index (χ1v) is 8.94. The van der Waals surface area contributed by atoms with Gasteiger partial charge in [-0.05, 0) is 31.0 Å². The fourth-order valence-electron chi connectivity index (χ4n) is 3.21. The number of fused-ring (bicyclic) bond motifs is 1. The average molecular weight is 384 g/mol. The number of carboxylic acid groups (broad SMARTS) is 2. The minimum atomic E-state index is -1.57. The fourth-order valence-corrected chi connectivity index (χ4v) is 3.21. The van der Waals surface area contributed by atoms with Gasteiger partial charge in [-0.25, -0.2) is 19.6 Å². The normalized spacial score (nSPS) is 14.3. The Morgan fingerprint density at radius 2 is 1.75 bits per heavy atom. The number of hydrogen-bond acceptors (Lipinski definition) is 6. The van der Waals surface area contributed by atoms with Gasteiger partial charge in [0.2, 0.25) is 5.91 Å². The SMILES string of the molecule is O=C(O)C(=CNc1ncnc2ccc(NC(=O)C3CCCCC3)cc12)C(=O)O. The summed E-state index contributed by atoms with van der Waals surface area (Å²) in [4.78, 5) is 42.6. The molecule has 0 saturated heterocycles. The van der Waals surface area contributed by atoms with Gasteiger partial charge in [0, 0.05) is 23.2 Å². The summed E-state index contributed by atoms with van der Waals surface area (Å²) in [6.45, 7) is 0. The zero-order valence-electron chi connectivity index (χ0n) is 15.0. The molecule has 1 heterocycles. The summed E-state index contributed by atoms with van der Waals surface area (Å²) in [5, 5.41) is 23.9. The predicted molar refractivity (Wildman–Crippen MR) is 102 cm³/mol. The van der Waals surface area contributed by atoms with Crippen LogP contribution in [0, 0.1) is 5.92 Å². The van der Waals surface area contributed by atoms with Crippen LogP contribution in [0.15, 0.2) is 36.3 Å². The van der Waals surface area contributed by atoms with Crippen molar-refractivity contribution in [1.82, 2.24) is 9.97 Å². The van der Waals surface area contributed by atoms with Crippen LogP contribution < -0.4 is 10.6 Å². The molecule has 2 aromatic rings. The Morgan fingerprint density at radius 1 is 1.04 bits per heavy atom. The third-order valence-corrected chi connectivity index (χ3v) is 4.69. The number of amides is 1. The third kappa shape index (κ3) is 4.43. The number of rotatable bonds is 6. The molecule has 0 radical (unpaired) electrons. The molecule has 1 aliphatic carbocycles. The van der Waals surface area contributed by atoms with Crippen LogP contribution in [0.3, 0.4) is 0 Å². The summed E-state index contributed by atoms with van der Waals surface area (Å²) in [6, 6.07) is 5.11. The van der Waals surface area contributed by atoms with E-state index >= 15 is 0 Å². The van der Waals surface area contributed by atoms with Crippen molar-refractivity contribution in [3.05, 3.63) is 36.3 Å². The molecule has 0 bridgehead atoms. The number of nitrogens with zero attached hydrogens (tertiary/aromatic N) is 2. The number of carbonyl (C=O) groups is 3. The van der Waals surface area contributed by atoms with Gasteiger partial charge in [-0.15, -0.1) is 0 Å². The number of hydrogen-bond donors (Lipinski definition) is 4. The van der Waals surface area contributed by atoms with Crippen LogP contribution in [0.2, 0.25) is 0 Å². The molecule has 146 valence electrons. The molecule has 0 atom stereocenters. The lowest BCUT2D eigenvalue weighted by molar-refractivity contribution is -0.140. The summed E-state index contributed by atoms with van der Waals surface area (Å²) < 4.78 is 0. The molecular formula is C19H20N4O5. The van der Waals surface area contributed by atoms with Crippen molar-refractivity contribution >= 4 is 40.3 Å². The highest BCUT2D eigenvalue weighted by Gasteiger charge is 2.21. The molecule has 1 aliphatic rings. The molecule has 28 heavy (non-hydrogen) atoms. The molecule has 9 nitrogen and oxygen atoms in total. The molecular weight excluding hydrogens is 364 g/mol. The van der Waals surface area contributed by atoms with E-state index in [0.717, 1.165) is 38.3 Å². The quantitative estimate of drug-likeness (QED) is 0.338. The molecule has 3 rings (SSSR count). The molecule has 0 unspecified atom stereocenters. The van der Waals surface area contributed by atoms with E-state index in [1.54, 1.807) is 18.2 Å². The third-order valence-electron chi connectivity index (χ3n) is 4.69. The molecule has 4 N–H and O–H groups in total. The Bertz CT molecular complexity index is 934. The molecule has 9 heteroatoms. The average Bonchev–Trinajstić information content (AvgIpc) is 2.68. The number of carbonyl (C=O) groups excluding carboxylic acids is 1. The van der Waals surface area contributed by atoms with Gasteiger partial charge < -0.3 is 20.8 Å². The van der Waals surface area contributed by atoms with Crippen LogP contribution in [0.1, 0.15) is 32.1 Å². The second-order valence-electron chi connectivity index (χ2n) is 6.59. The standard InChI is InChI=1S/C19H20N4O5/c24-17(11-4-2-1-3-5-11)23-12-6-7-15-13(8-12)16(22-10-21-15)20-9-14(18(25)26)19(27)28/h6-11H,1-5H2,(H,23,24)(H,25,26)(H,27,28)(H,20,21,22). The monoisotopic (exact) mass is 384 g/mol. The van der Waals surface area contributed by atoms with Crippen LogP contribution >= 0.6 is 0 Å². The van der Waals surface area contributed by atoms with Crippen molar-refractivity contribution in [2.45, 2.75) is 32.1 Å². The largest absolute Gasteiger partial charge is 0.477 e. The highest BCUT2D eigenvalue weighted by Crippen LogP contribution is 2.27. The smallest absolute Gasteiger partial charge is 0.344 e. The molecule has 1 aromatic heterocycles. The lowest BCUT2D eigenvalue weighted by Gasteiger charge is -2.20. The van der Waals surface area contributed by atoms with Crippen LogP contribution in [0.25, 0.3) is 10.9 Å². The van der Waals surface area contributed by atoms with Crippen molar-refractivity contribution < 1.29 is 24.6 Å². The van der Waals surface area contributed by atoms with Crippen molar-refractivity contribution in [2.75, 3.05) is 10.6 Å². The Labute approximate surface area is 160 Å². The lowest BCUT2D eigenvalue weighted by atomic mass is 9.88. The van der Waals surface area contributed by atoms with Gasteiger partial charge in [-0.2, -0.15) is 0 Å². The maximum absolute atomic E-state index is 12.5. The van der Waals surface area contributed by atoms with Gasteiger partial charge in [0.1, 0.15) is 12.1 Å². The van der Waals surface area contributed by atoms with Gasteiger partial charge in [0.15, 0.2) is 5.57 Å². The van der Waals surface area contributed by atoms with Gasteiger partial charge in [-0.3, -0.25) is 4.79 Å².